The van der Waals surface area contributed by atoms with Gasteiger partial charge in [-0.15, -0.1) is 0 Å². The lowest BCUT2D eigenvalue weighted by atomic mass is 10.3. The molecule has 2 heterocycles. The highest BCUT2D eigenvalue weighted by Gasteiger charge is 2.28. The van der Waals surface area contributed by atoms with Gasteiger partial charge in [0.2, 0.25) is 0 Å². The molecular formula is C13H13Cl2N5O. The van der Waals surface area contributed by atoms with Crippen LogP contribution in [0.1, 0.15) is 12.5 Å². The fourth-order valence-corrected chi connectivity index (χ4v) is 2.60. The molecule has 1 aliphatic rings. The van der Waals surface area contributed by atoms with Crippen LogP contribution in [-0.4, -0.2) is 39.0 Å². The molecule has 0 bridgehead atoms. The lowest BCUT2D eigenvalue weighted by Crippen LogP contribution is -2.33. The van der Waals surface area contributed by atoms with Crippen molar-refractivity contribution in [3.8, 4) is 0 Å². The number of nitrogens with one attached hydrogen (secondary N) is 1. The topological polar surface area (TPSA) is 63.1 Å². The zero-order valence-electron chi connectivity index (χ0n) is 11.0. The monoisotopic (exact) mass is 325 g/mol. The molecule has 1 unspecified atom stereocenters. The van der Waals surface area contributed by atoms with Crippen molar-refractivity contribution >= 4 is 34.9 Å². The van der Waals surface area contributed by atoms with E-state index in [1.807, 2.05) is 0 Å². The van der Waals surface area contributed by atoms with Crippen LogP contribution in [0.25, 0.3) is 0 Å². The summed E-state index contributed by atoms with van der Waals surface area (Å²) in [6.45, 7) is 1.25. The van der Waals surface area contributed by atoms with Gasteiger partial charge in [0.15, 0.2) is 0 Å². The van der Waals surface area contributed by atoms with Crippen LogP contribution in [0.5, 0.6) is 0 Å². The molecule has 0 aliphatic carbocycles. The van der Waals surface area contributed by atoms with E-state index in [9.17, 15) is 4.79 Å². The largest absolute Gasteiger partial charge is 0.322 e. The molecule has 1 fully saturated rings. The maximum atomic E-state index is 12.2. The van der Waals surface area contributed by atoms with E-state index in [1.165, 1.54) is 0 Å². The number of carbonyl (C=O) groups is 1. The quantitative estimate of drug-likeness (QED) is 0.922. The minimum atomic E-state index is -0.164. The van der Waals surface area contributed by atoms with E-state index < -0.39 is 0 Å². The van der Waals surface area contributed by atoms with Crippen LogP contribution in [0.15, 0.2) is 30.6 Å². The molecule has 8 heteroatoms. The number of urea groups is 1. The first-order valence-electron chi connectivity index (χ1n) is 6.50. The Kier molecular flexibility index (Phi) is 3.98. The van der Waals surface area contributed by atoms with Gasteiger partial charge >= 0.3 is 6.03 Å². The van der Waals surface area contributed by atoms with E-state index in [2.05, 4.69) is 15.5 Å². The fourth-order valence-electron chi connectivity index (χ4n) is 2.31. The van der Waals surface area contributed by atoms with Gasteiger partial charge in [0, 0.05) is 18.8 Å². The van der Waals surface area contributed by atoms with Gasteiger partial charge in [-0.05, 0) is 24.6 Å². The molecule has 0 spiro atoms. The molecule has 6 nitrogen and oxygen atoms in total. The Morgan fingerprint density at radius 2 is 2.00 bits per heavy atom. The highest BCUT2D eigenvalue weighted by Crippen LogP contribution is 2.26. The van der Waals surface area contributed by atoms with Crippen LogP contribution in [0.2, 0.25) is 10.0 Å². The Labute approximate surface area is 131 Å². The first-order valence-corrected chi connectivity index (χ1v) is 7.26. The number of aromatic nitrogens is 3. The molecule has 3 rings (SSSR count). The molecule has 1 atom stereocenters. The van der Waals surface area contributed by atoms with Gasteiger partial charge in [-0.3, -0.25) is 0 Å². The molecule has 2 amide bonds. The minimum Gasteiger partial charge on any atom is -0.322 e. The fraction of sp³-hybridized carbons (Fsp3) is 0.308. The number of amides is 2. The van der Waals surface area contributed by atoms with Gasteiger partial charge in [-0.1, -0.05) is 23.2 Å². The summed E-state index contributed by atoms with van der Waals surface area (Å²) in [4.78, 5) is 15.6. The van der Waals surface area contributed by atoms with Gasteiger partial charge in [-0.25, -0.2) is 4.79 Å². The number of halogens is 2. The minimum absolute atomic E-state index is 0.125. The van der Waals surface area contributed by atoms with Crippen LogP contribution < -0.4 is 5.32 Å². The first kappa shape index (κ1) is 14.2. The summed E-state index contributed by atoms with van der Waals surface area (Å²) in [7, 11) is 0. The average molecular weight is 326 g/mol. The van der Waals surface area contributed by atoms with Gasteiger partial charge in [-0.2, -0.15) is 15.0 Å². The summed E-state index contributed by atoms with van der Waals surface area (Å²) < 4.78 is 0. The Bertz CT molecular complexity index is 646. The van der Waals surface area contributed by atoms with Crippen LogP contribution in [0.3, 0.4) is 0 Å². The molecule has 1 aromatic carbocycles. The molecule has 0 saturated carbocycles. The van der Waals surface area contributed by atoms with Gasteiger partial charge in [0.05, 0.1) is 28.5 Å². The zero-order chi connectivity index (χ0) is 14.8. The predicted octanol–water partition coefficient (Wildman–Crippen LogP) is 3.06. The van der Waals surface area contributed by atoms with Crippen LogP contribution in [0.4, 0.5) is 10.5 Å². The Morgan fingerprint density at radius 1 is 1.24 bits per heavy atom. The van der Waals surface area contributed by atoms with E-state index in [1.54, 1.807) is 40.3 Å². The lowest BCUT2D eigenvalue weighted by Gasteiger charge is -2.17. The average Bonchev–Trinajstić information content (AvgIpc) is 3.12. The first-order chi connectivity index (χ1) is 10.1. The number of hydrogen-bond acceptors (Lipinski definition) is 3. The number of carbonyl (C=O) groups excluding carboxylic acids is 1. The van der Waals surface area contributed by atoms with E-state index >= 15 is 0 Å². The number of nitrogens with zero attached hydrogens (tertiary/aromatic N) is 4. The highest BCUT2D eigenvalue weighted by atomic mass is 35.5. The third-order valence-electron chi connectivity index (χ3n) is 3.38. The number of hydrogen-bond donors (Lipinski definition) is 1. The Morgan fingerprint density at radius 3 is 2.71 bits per heavy atom. The molecule has 1 N–H and O–H groups in total. The third-order valence-corrected chi connectivity index (χ3v) is 4.12. The van der Waals surface area contributed by atoms with Gasteiger partial charge < -0.3 is 10.2 Å². The van der Waals surface area contributed by atoms with Crippen molar-refractivity contribution in [1.82, 2.24) is 19.9 Å². The van der Waals surface area contributed by atoms with Crippen molar-refractivity contribution < 1.29 is 4.79 Å². The molecule has 2 aromatic rings. The molecule has 0 radical (unpaired) electrons. The van der Waals surface area contributed by atoms with Crippen LogP contribution in [0, 0.1) is 0 Å². The highest BCUT2D eigenvalue weighted by molar-refractivity contribution is 6.42. The molecule has 1 aromatic heterocycles. The number of anilines is 1. The summed E-state index contributed by atoms with van der Waals surface area (Å²) in [6, 6.07) is 4.96. The van der Waals surface area contributed by atoms with Crippen molar-refractivity contribution in [2.24, 2.45) is 0 Å². The molecule has 110 valence electrons. The van der Waals surface area contributed by atoms with Crippen molar-refractivity contribution in [3.05, 3.63) is 40.6 Å². The maximum Gasteiger partial charge on any atom is 0.321 e. The smallest absolute Gasteiger partial charge is 0.321 e. The zero-order valence-corrected chi connectivity index (χ0v) is 12.6. The molecular weight excluding hydrogens is 313 g/mol. The molecule has 21 heavy (non-hydrogen) atoms. The van der Waals surface area contributed by atoms with Crippen molar-refractivity contribution in [3.63, 3.8) is 0 Å². The second-order valence-corrected chi connectivity index (χ2v) is 5.61. The summed E-state index contributed by atoms with van der Waals surface area (Å²) in [6.07, 6.45) is 4.11. The Balaban J connectivity index is 1.62. The summed E-state index contributed by atoms with van der Waals surface area (Å²) >= 11 is 11.8. The number of likely N-dealkylation sites (tertiary alicyclic amines) is 1. The molecule has 1 aliphatic heterocycles. The van der Waals surface area contributed by atoms with Crippen molar-refractivity contribution in [2.45, 2.75) is 12.5 Å². The SMILES string of the molecule is O=C(Nc1ccc(Cl)c(Cl)c1)N1CCC(n2nccn2)C1. The molecule has 1 saturated heterocycles. The normalized spacial score (nSPS) is 18.0. The van der Waals surface area contributed by atoms with Crippen LogP contribution in [-0.2, 0) is 0 Å². The van der Waals surface area contributed by atoms with E-state index in [4.69, 9.17) is 23.2 Å². The van der Waals surface area contributed by atoms with Gasteiger partial charge in [0.1, 0.15) is 0 Å². The van der Waals surface area contributed by atoms with Gasteiger partial charge in [0.25, 0.3) is 0 Å². The van der Waals surface area contributed by atoms with E-state index in [0.717, 1.165) is 6.42 Å². The Hall–Kier alpha value is -1.79. The number of rotatable bonds is 2. The second-order valence-electron chi connectivity index (χ2n) is 4.80. The summed E-state index contributed by atoms with van der Waals surface area (Å²) in [5.74, 6) is 0. The summed E-state index contributed by atoms with van der Waals surface area (Å²) in [5, 5.41) is 11.9. The predicted molar refractivity (Wildman–Crippen MR) is 80.7 cm³/mol. The van der Waals surface area contributed by atoms with E-state index in [-0.39, 0.29) is 12.1 Å². The summed E-state index contributed by atoms with van der Waals surface area (Å²) in [5.41, 5.74) is 0.620. The van der Waals surface area contributed by atoms with E-state index in [0.29, 0.717) is 28.8 Å². The standard InChI is InChI=1S/C13H13Cl2N5O/c14-11-2-1-9(7-12(11)15)18-13(21)19-6-3-10(8-19)20-16-4-5-17-20/h1-2,4-5,7,10H,3,6,8H2,(H,18,21). The lowest BCUT2D eigenvalue weighted by molar-refractivity contribution is 0.220. The second kappa shape index (κ2) is 5.91. The third kappa shape index (κ3) is 3.11. The van der Waals surface area contributed by atoms with Crippen LogP contribution >= 0.6 is 23.2 Å². The maximum absolute atomic E-state index is 12.2. The number of benzene rings is 1. The van der Waals surface area contributed by atoms with Crippen molar-refractivity contribution in [1.29, 1.82) is 0 Å². The van der Waals surface area contributed by atoms with Crippen molar-refractivity contribution in [2.75, 3.05) is 18.4 Å².